The van der Waals surface area contributed by atoms with Crippen LogP contribution in [0.5, 0.6) is 0 Å². The fourth-order valence-corrected chi connectivity index (χ4v) is 5.06. The number of hydrogen-bond donors (Lipinski definition) is 2. The lowest BCUT2D eigenvalue weighted by Crippen LogP contribution is -2.37. The van der Waals surface area contributed by atoms with Crippen molar-refractivity contribution in [1.82, 2.24) is 14.9 Å². The van der Waals surface area contributed by atoms with Gasteiger partial charge in [0.2, 0.25) is 0 Å². The summed E-state index contributed by atoms with van der Waals surface area (Å²) in [5.41, 5.74) is 1.26. The van der Waals surface area contributed by atoms with Crippen LogP contribution in [0.25, 0.3) is 10.2 Å². The number of likely N-dealkylation sites (tertiary alicyclic amines) is 1. The van der Waals surface area contributed by atoms with E-state index in [9.17, 15) is 9.90 Å². The standard InChI is InChI=1S/C16H21N3O2S/c20-9-10-3-2-6-19(7-10)8-13-17-15(21)14-11-4-1-5-12(11)22-16(14)18-13/h10,20H,1-9H2,(H,17,18,21). The van der Waals surface area contributed by atoms with Gasteiger partial charge in [-0.25, -0.2) is 4.98 Å². The predicted octanol–water partition coefficient (Wildman–Crippen LogP) is 1.68. The third kappa shape index (κ3) is 2.49. The lowest BCUT2D eigenvalue weighted by atomic mass is 9.99. The van der Waals surface area contributed by atoms with E-state index in [-0.39, 0.29) is 12.2 Å². The van der Waals surface area contributed by atoms with Gasteiger partial charge in [-0.1, -0.05) is 0 Å². The molecule has 118 valence electrons. The number of aliphatic hydroxyl groups is 1. The highest BCUT2D eigenvalue weighted by Crippen LogP contribution is 2.34. The minimum atomic E-state index is 0.0233. The molecule has 2 aromatic heterocycles. The van der Waals surface area contributed by atoms with Crippen molar-refractivity contribution in [2.45, 2.75) is 38.6 Å². The van der Waals surface area contributed by atoms with Crippen molar-refractivity contribution in [2.24, 2.45) is 5.92 Å². The second kappa shape index (κ2) is 5.76. The van der Waals surface area contributed by atoms with Crippen LogP contribution in [0.2, 0.25) is 0 Å². The first-order valence-electron chi connectivity index (χ1n) is 8.11. The Hall–Kier alpha value is -1.24. The van der Waals surface area contributed by atoms with Crippen molar-refractivity contribution in [3.63, 3.8) is 0 Å². The highest BCUT2D eigenvalue weighted by Gasteiger charge is 2.23. The maximum absolute atomic E-state index is 12.4. The molecule has 5 nitrogen and oxygen atoms in total. The normalized spacial score (nSPS) is 22.3. The van der Waals surface area contributed by atoms with Gasteiger partial charge in [-0.15, -0.1) is 11.3 Å². The summed E-state index contributed by atoms with van der Waals surface area (Å²) in [6.45, 7) is 2.82. The van der Waals surface area contributed by atoms with Crippen LogP contribution < -0.4 is 5.56 Å². The molecule has 0 radical (unpaired) electrons. The zero-order valence-electron chi connectivity index (χ0n) is 12.6. The summed E-state index contributed by atoms with van der Waals surface area (Å²) in [4.78, 5) is 24.7. The van der Waals surface area contributed by atoms with Gasteiger partial charge in [-0.05, 0) is 50.1 Å². The zero-order chi connectivity index (χ0) is 15.1. The Kier molecular flexibility index (Phi) is 3.76. The number of piperidine rings is 1. The molecule has 2 N–H and O–H groups in total. The average molecular weight is 319 g/mol. The highest BCUT2D eigenvalue weighted by molar-refractivity contribution is 7.18. The number of nitrogens with zero attached hydrogens (tertiary/aromatic N) is 2. The molecule has 1 fully saturated rings. The van der Waals surface area contributed by atoms with Crippen LogP contribution in [-0.4, -0.2) is 39.7 Å². The van der Waals surface area contributed by atoms with Crippen LogP contribution in [0.1, 0.15) is 35.5 Å². The number of aromatic nitrogens is 2. The van der Waals surface area contributed by atoms with Crippen LogP contribution in [0.15, 0.2) is 4.79 Å². The molecule has 1 atom stereocenters. The molecule has 1 saturated heterocycles. The summed E-state index contributed by atoms with van der Waals surface area (Å²) in [7, 11) is 0. The van der Waals surface area contributed by atoms with E-state index in [0.29, 0.717) is 12.5 Å². The van der Waals surface area contributed by atoms with Gasteiger partial charge in [-0.2, -0.15) is 0 Å². The molecule has 0 saturated carbocycles. The van der Waals surface area contributed by atoms with Gasteiger partial charge < -0.3 is 10.1 Å². The molecule has 1 unspecified atom stereocenters. The molecule has 6 heteroatoms. The predicted molar refractivity (Wildman–Crippen MR) is 87.4 cm³/mol. The zero-order valence-corrected chi connectivity index (χ0v) is 13.4. The number of aryl methyl sites for hydroxylation is 2. The van der Waals surface area contributed by atoms with E-state index in [0.717, 1.165) is 61.2 Å². The number of nitrogens with one attached hydrogen (secondary N) is 1. The fourth-order valence-electron chi connectivity index (χ4n) is 3.78. The number of hydrogen-bond acceptors (Lipinski definition) is 5. The molecule has 1 aliphatic heterocycles. The monoisotopic (exact) mass is 319 g/mol. The molecule has 2 aromatic rings. The lowest BCUT2D eigenvalue weighted by molar-refractivity contribution is 0.114. The van der Waals surface area contributed by atoms with E-state index < -0.39 is 0 Å². The van der Waals surface area contributed by atoms with E-state index in [1.54, 1.807) is 11.3 Å². The second-order valence-corrected chi connectivity index (χ2v) is 7.56. The summed E-state index contributed by atoms with van der Waals surface area (Å²) in [6, 6.07) is 0. The van der Waals surface area contributed by atoms with Crippen LogP contribution in [-0.2, 0) is 19.4 Å². The molecule has 0 aromatic carbocycles. The summed E-state index contributed by atoms with van der Waals surface area (Å²) >= 11 is 1.69. The Morgan fingerprint density at radius 3 is 3.14 bits per heavy atom. The summed E-state index contributed by atoms with van der Waals surface area (Å²) in [5.74, 6) is 1.12. The number of rotatable bonds is 3. The highest BCUT2D eigenvalue weighted by atomic mass is 32.1. The van der Waals surface area contributed by atoms with Crippen LogP contribution in [0, 0.1) is 5.92 Å². The van der Waals surface area contributed by atoms with Gasteiger partial charge in [0.15, 0.2) is 0 Å². The number of aliphatic hydroxyl groups excluding tert-OH is 1. The third-order valence-electron chi connectivity index (χ3n) is 4.86. The SMILES string of the molecule is O=c1[nH]c(CN2CCCC(CO)C2)nc2sc3c(c12)CCC3. The number of fused-ring (bicyclic) bond motifs is 3. The van der Waals surface area contributed by atoms with Crippen LogP contribution in [0.4, 0.5) is 0 Å². The number of thiophene rings is 1. The van der Waals surface area contributed by atoms with Crippen molar-refractivity contribution in [2.75, 3.05) is 19.7 Å². The molecule has 0 bridgehead atoms. The Balaban J connectivity index is 1.61. The maximum Gasteiger partial charge on any atom is 0.259 e. The van der Waals surface area contributed by atoms with Crippen molar-refractivity contribution < 1.29 is 5.11 Å². The molecule has 3 heterocycles. The van der Waals surface area contributed by atoms with Gasteiger partial charge >= 0.3 is 0 Å². The molecule has 4 rings (SSSR count). The topological polar surface area (TPSA) is 69.2 Å². The van der Waals surface area contributed by atoms with E-state index >= 15 is 0 Å². The molecule has 22 heavy (non-hydrogen) atoms. The Bertz CT molecular complexity index is 752. The van der Waals surface area contributed by atoms with E-state index in [4.69, 9.17) is 4.98 Å². The molecule has 0 amide bonds. The smallest absolute Gasteiger partial charge is 0.259 e. The van der Waals surface area contributed by atoms with Crippen molar-refractivity contribution in [3.8, 4) is 0 Å². The van der Waals surface area contributed by atoms with E-state index in [2.05, 4.69) is 9.88 Å². The average Bonchev–Trinajstić information content (AvgIpc) is 3.07. The van der Waals surface area contributed by atoms with Gasteiger partial charge in [0.05, 0.1) is 11.9 Å². The largest absolute Gasteiger partial charge is 0.396 e. The minimum Gasteiger partial charge on any atom is -0.396 e. The first kappa shape index (κ1) is 14.4. The van der Waals surface area contributed by atoms with Gasteiger partial charge in [0, 0.05) is 18.0 Å². The minimum absolute atomic E-state index is 0.0233. The molecular formula is C16H21N3O2S. The first-order valence-corrected chi connectivity index (χ1v) is 8.93. The van der Waals surface area contributed by atoms with Crippen LogP contribution in [0.3, 0.4) is 0 Å². The van der Waals surface area contributed by atoms with E-state index in [1.807, 2.05) is 0 Å². The van der Waals surface area contributed by atoms with Crippen molar-refractivity contribution >= 4 is 21.6 Å². The first-order chi connectivity index (χ1) is 10.7. The van der Waals surface area contributed by atoms with Crippen molar-refractivity contribution in [3.05, 3.63) is 26.6 Å². The second-order valence-electron chi connectivity index (χ2n) is 6.48. The Morgan fingerprint density at radius 1 is 1.36 bits per heavy atom. The molecule has 2 aliphatic rings. The summed E-state index contributed by atoms with van der Waals surface area (Å²) in [6.07, 6.45) is 5.46. The molecule has 0 spiro atoms. The lowest BCUT2D eigenvalue weighted by Gasteiger charge is -2.31. The number of aromatic amines is 1. The Labute approximate surface area is 133 Å². The maximum atomic E-state index is 12.4. The van der Waals surface area contributed by atoms with E-state index in [1.165, 1.54) is 10.4 Å². The van der Waals surface area contributed by atoms with Gasteiger partial charge in [0.25, 0.3) is 5.56 Å². The summed E-state index contributed by atoms with van der Waals surface area (Å²) in [5, 5.41) is 10.2. The fraction of sp³-hybridized carbons (Fsp3) is 0.625. The quantitative estimate of drug-likeness (QED) is 0.903. The number of H-pyrrole nitrogens is 1. The third-order valence-corrected chi connectivity index (χ3v) is 6.04. The molecule has 1 aliphatic carbocycles. The van der Waals surface area contributed by atoms with Crippen LogP contribution >= 0.6 is 11.3 Å². The van der Waals surface area contributed by atoms with Gasteiger partial charge in [-0.3, -0.25) is 9.69 Å². The van der Waals surface area contributed by atoms with Gasteiger partial charge in [0.1, 0.15) is 10.7 Å². The molecular weight excluding hydrogens is 298 g/mol. The Morgan fingerprint density at radius 2 is 2.27 bits per heavy atom. The van der Waals surface area contributed by atoms with Crippen molar-refractivity contribution in [1.29, 1.82) is 0 Å². The summed E-state index contributed by atoms with van der Waals surface area (Å²) < 4.78 is 0.